The largest absolute Gasteiger partial charge is 0.494 e. The highest BCUT2D eigenvalue weighted by atomic mass is 19.4. The Labute approximate surface area is 246 Å². The topological polar surface area (TPSA) is 157 Å². The Morgan fingerprint density at radius 1 is 0.884 bits per heavy atom. The molecule has 1 aromatic heterocycles. The average molecular weight is 607 g/mol. The fraction of sp³-hybridized carbons (Fsp3) is 0.393. The van der Waals surface area contributed by atoms with Gasteiger partial charge in [0, 0.05) is 18.8 Å². The van der Waals surface area contributed by atoms with Crippen LogP contribution in [0, 0.1) is 0 Å². The van der Waals surface area contributed by atoms with Crippen LogP contribution >= 0.6 is 0 Å². The zero-order valence-electron chi connectivity index (χ0n) is 23.8. The first-order chi connectivity index (χ1) is 20.3. The summed E-state index contributed by atoms with van der Waals surface area (Å²) in [7, 11) is 0. The van der Waals surface area contributed by atoms with Crippen LogP contribution in [0.25, 0.3) is 0 Å². The van der Waals surface area contributed by atoms with Gasteiger partial charge in [-0.05, 0) is 75.6 Å². The third-order valence-corrected chi connectivity index (χ3v) is 5.25. The first-order valence-corrected chi connectivity index (χ1v) is 13.2. The highest BCUT2D eigenvalue weighted by Crippen LogP contribution is 2.21. The lowest BCUT2D eigenvalue weighted by Crippen LogP contribution is -2.33. The fourth-order valence-electron chi connectivity index (χ4n) is 3.33. The molecule has 0 atom stereocenters. The number of nitrogens with zero attached hydrogens (tertiary/aromatic N) is 3. The molecule has 43 heavy (non-hydrogen) atoms. The Hall–Kier alpha value is -4.82. The average Bonchev–Trinajstić information content (AvgIpc) is 2.92. The van der Waals surface area contributed by atoms with Crippen LogP contribution in [-0.4, -0.2) is 63.7 Å². The maximum atomic E-state index is 12.7. The van der Waals surface area contributed by atoms with Gasteiger partial charge in [-0.25, -0.2) is 9.59 Å². The Kier molecular flexibility index (Phi) is 11.3. The summed E-state index contributed by atoms with van der Waals surface area (Å²) in [5.41, 5.74) is 0.722. The van der Waals surface area contributed by atoms with Crippen molar-refractivity contribution >= 4 is 29.6 Å². The molecule has 12 nitrogen and oxygen atoms in total. The molecule has 3 aromatic rings. The van der Waals surface area contributed by atoms with Gasteiger partial charge in [0.25, 0.3) is 0 Å². The molecule has 232 valence electrons. The number of alkyl halides is 3. The van der Waals surface area contributed by atoms with Crippen LogP contribution in [0.2, 0.25) is 0 Å². The summed E-state index contributed by atoms with van der Waals surface area (Å²) in [5.74, 6) is -0.613. The highest BCUT2D eigenvalue weighted by molar-refractivity contribution is 5.88. The summed E-state index contributed by atoms with van der Waals surface area (Å²) in [5, 5.41) is 17.5. The van der Waals surface area contributed by atoms with E-state index in [4.69, 9.17) is 19.3 Å². The number of ether oxygens (including phenoxy) is 3. The lowest BCUT2D eigenvalue weighted by atomic mass is 10.2. The Morgan fingerprint density at radius 2 is 1.56 bits per heavy atom. The van der Waals surface area contributed by atoms with Crippen molar-refractivity contribution in [2.24, 2.45) is 0 Å². The van der Waals surface area contributed by atoms with Crippen molar-refractivity contribution in [3.05, 3.63) is 59.7 Å². The number of carbonyl (C=O) groups excluding carboxylic acids is 1. The molecule has 0 aliphatic rings. The van der Waals surface area contributed by atoms with Crippen LogP contribution in [0.15, 0.2) is 48.5 Å². The fourth-order valence-corrected chi connectivity index (χ4v) is 3.33. The predicted molar refractivity (Wildman–Crippen MR) is 151 cm³/mol. The Balaban J connectivity index is 1.52. The summed E-state index contributed by atoms with van der Waals surface area (Å²) < 4.78 is 53.7. The molecule has 3 rings (SSSR count). The molecule has 0 aliphatic heterocycles. The first kappa shape index (κ1) is 32.7. The van der Waals surface area contributed by atoms with E-state index in [0.717, 1.165) is 12.0 Å². The number of halogens is 3. The molecule has 15 heteroatoms. The number of carbonyl (C=O) groups is 2. The predicted octanol–water partition coefficient (Wildman–Crippen LogP) is 5.55. The van der Waals surface area contributed by atoms with Gasteiger partial charge in [0.1, 0.15) is 11.4 Å². The van der Waals surface area contributed by atoms with Gasteiger partial charge in [0.15, 0.2) is 6.61 Å². The van der Waals surface area contributed by atoms with Crippen molar-refractivity contribution in [3.63, 3.8) is 0 Å². The molecule has 2 aromatic carbocycles. The maximum absolute atomic E-state index is 12.7. The number of carboxylic acid groups (broad SMARTS) is 1. The molecule has 0 unspecified atom stereocenters. The van der Waals surface area contributed by atoms with Crippen molar-refractivity contribution in [2.45, 2.75) is 51.9 Å². The molecule has 1 amide bonds. The quantitative estimate of drug-likeness (QED) is 0.171. The molecular formula is C28H33F3N6O6. The number of hydrogen-bond donors (Lipinski definition) is 4. The van der Waals surface area contributed by atoms with Crippen molar-refractivity contribution in [1.29, 1.82) is 0 Å². The van der Waals surface area contributed by atoms with Crippen molar-refractivity contribution in [3.8, 4) is 11.8 Å². The molecule has 0 radical (unpaired) electrons. The van der Waals surface area contributed by atoms with Gasteiger partial charge in [-0.3, -0.25) is 0 Å². The van der Waals surface area contributed by atoms with Crippen LogP contribution < -0.4 is 25.4 Å². The summed E-state index contributed by atoms with van der Waals surface area (Å²) in [6.45, 7) is 4.95. The van der Waals surface area contributed by atoms with Crippen molar-refractivity contribution in [1.82, 2.24) is 20.3 Å². The molecule has 0 saturated carbocycles. The number of benzene rings is 2. The smallest absolute Gasteiger partial charge is 0.422 e. The normalized spacial score (nSPS) is 11.4. The van der Waals surface area contributed by atoms with Crippen molar-refractivity contribution in [2.75, 3.05) is 30.4 Å². The van der Waals surface area contributed by atoms with Gasteiger partial charge < -0.3 is 35.3 Å². The van der Waals surface area contributed by atoms with Gasteiger partial charge in [-0.2, -0.15) is 28.1 Å². The second-order valence-electron chi connectivity index (χ2n) is 10.2. The number of rotatable bonds is 14. The van der Waals surface area contributed by atoms with Gasteiger partial charge in [-0.15, -0.1) is 0 Å². The molecule has 0 aliphatic carbocycles. The monoisotopic (exact) mass is 606 g/mol. The standard InChI is InChI=1S/C28H33F3N6O6/c1-27(2,3)43-26(40)32-14-4-5-15-41-21-12-6-18(7-13-21)16-33-23-35-24(37-25(36-23)42-17-28(29,30)31)34-20-10-8-19(9-11-20)22(38)39/h6-13H,4-5,14-17H2,1-3H3,(H,32,40)(H,38,39)(H2,33,34,35,36,37). The first-order valence-electron chi connectivity index (χ1n) is 13.2. The number of amides is 1. The van der Waals surface area contributed by atoms with Crippen molar-refractivity contribution < 1.29 is 42.1 Å². The molecule has 0 saturated heterocycles. The number of alkyl carbamates (subject to hydrolysis) is 1. The summed E-state index contributed by atoms with van der Waals surface area (Å²) >= 11 is 0. The van der Waals surface area contributed by atoms with Gasteiger partial charge in [-0.1, -0.05) is 12.1 Å². The highest BCUT2D eigenvalue weighted by Gasteiger charge is 2.29. The molecule has 0 fully saturated rings. The number of aromatic carboxylic acids is 1. The van der Waals surface area contributed by atoms with E-state index in [9.17, 15) is 22.8 Å². The minimum atomic E-state index is -4.60. The minimum absolute atomic E-state index is 0.0443. The number of unbranched alkanes of at least 4 members (excludes halogenated alkanes) is 1. The zero-order valence-corrected chi connectivity index (χ0v) is 23.8. The molecular weight excluding hydrogens is 573 g/mol. The SMILES string of the molecule is CC(C)(C)OC(=O)NCCCCOc1ccc(CNc2nc(Nc3ccc(C(=O)O)cc3)nc(OCC(F)(F)F)n2)cc1. The van der Waals surface area contributed by atoms with E-state index in [1.807, 2.05) is 0 Å². The number of aromatic nitrogens is 3. The van der Waals surface area contributed by atoms with E-state index in [0.29, 0.717) is 31.0 Å². The number of hydrogen-bond acceptors (Lipinski definition) is 10. The van der Waals surface area contributed by atoms with Crippen LogP contribution in [0.3, 0.4) is 0 Å². The zero-order chi connectivity index (χ0) is 31.5. The summed E-state index contributed by atoms with van der Waals surface area (Å²) in [6, 6.07) is 12.2. The van der Waals surface area contributed by atoms with Crippen LogP contribution in [0.5, 0.6) is 11.8 Å². The van der Waals surface area contributed by atoms with E-state index in [2.05, 4.69) is 30.9 Å². The maximum Gasteiger partial charge on any atom is 0.422 e. The third-order valence-electron chi connectivity index (χ3n) is 5.25. The molecule has 1 heterocycles. The van der Waals surface area contributed by atoms with Gasteiger partial charge >= 0.3 is 24.2 Å². The molecule has 0 bridgehead atoms. The number of nitrogens with one attached hydrogen (secondary N) is 3. The lowest BCUT2D eigenvalue weighted by molar-refractivity contribution is -0.154. The number of carboxylic acids is 1. The second kappa shape index (κ2) is 14.9. The lowest BCUT2D eigenvalue weighted by Gasteiger charge is -2.19. The Bertz CT molecular complexity index is 1350. The van der Waals surface area contributed by atoms with E-state index in [1.165, 1.54) is 24.3 Å². The van der Waals surface area contributed by atoms with Crippen LogP contribution in [-0.2, 0) is 11.3 Å². The molecule has 4 N–H and O–H groups in total. The number of anilines is 3. The minimum Gasteiger partial charge on any atom is -0.494 e. The van der Waals surface area contributed by atoms with Gasteiger partial charge in [0.2, 0.25) is 11.9 Å². The van der Waals surface area contributed by atoms with E-state index >= 15 is 0 Å². The Morgan fingerprint density at radius 3 is 2.19 bits per heavy atom. The summed E-state index contributed by atoms with van der Waals surface area (Å²) in [6.07, 6.45) is -3.62. The van der Waals surface area contributed by atoms with Crippen LogP contribution in [0.1, 0.15) is 49.5 Å². The second-order valence-corrected chi connectivity index (χ2v) is 10.2. The third kappa shape index (κ3) is 12.7. The van der Waals surface area contributed by atoms with Gasteiger partial charge in [0.05, 0.1) is 12.2 Å². The summed E-state index contributed by atoms with van der Waals surface area (Å²) in [4.78, 5) is 34.7. The van der Waals surface area contributed by atoms with E-state index < -0.39 is 36.5 Å². The van der Waals surface area contributed by atoms with Crippen LogP contribution in [0.4, 0.5) is 35.5 Å². The van der Waals surface area contributed by atoms with E-state index in [1.54, 1.807) is 45.0 Å². The molecule has 0 spiro atoms. The van der Waals surface area contributed by atoms with E-state index in [-0.39, 0.29) is 24.0 Å².